The Morgan fingerprint density at radius 3 is 2.80 bits per heavy atom. The summed E-state index contributed by atoms with van der Waals surface area (Å²) in [6, 6.07) is 7.93. The fourth-order valence-electron chi connectivity index (χ4n) is 2.84. The van der Waals surface area contributed by atoms with Gasteiger partial charge in [0.25, 0.3) is 0 Å². The number of anilines is 1. The van der Waals surface area contributed by atoms with Gasteiger partial charge in [-0.2, -0.15) is 5.10 Å². The molecule has 3 rings (SSSR count). The number of aliphatic hydroxyl groups excluding tert-OH is 1. The number of nitrogens with zero attached hydrogens (tertiary/aromatic N) is 2. The van der Waals surface area contributed by atoms with Crippen molar-refractivity contribution < 1.29 is 9.50 Å². The van der Waals surface area contributed by atoms with Gasteiger partial charge in [-0.1, -0.05) is 25.0 Å². The first-order chi connectivity index (χ1) is 9.65. The van der Waals surface area contributed by atoms with E-state index in [2.05, 4.69) is 5.10 Å². The van der Waals surface area contributed by atoms with Crippen LogP contribution in [0.15, 0.2) is 30.3 Å². The third-order valence-electron chi connectivity index (χ3n) is 3.89. The molecule has 0 saturated heterocycles. The highest BCUT2D eigenvalue weighted by atomic mass is 19.1. The van der Waals surface area contributed by atoms with E-state index in [0.29, 0.717) is 17.1 Å². The summed E-state index contributed by atoms with van der Waals surface area (Å²) >= 11 is 0. The number of aromatic nitrogens is 2. The predicted octanol–water partition coefficient (Wildman–Crippen LogP) is 2.75. The van der Waals surface area contributed by atoms with E-state index in [1.807, 2.05) is 0 Å². The fraction of sp³-hybridized carbons (Fsp3) is 0.400. The summed E-state index contributed by atoms with van der Waals surface area (Å²) in [7, 11) is 0. The molecule has 0 spiro atoms. The monoisotopic (exact) mass is 275 g/mol. The first kappa shape index (κ1) is 13.1. The lowest BCUT2D eigenvalue weighted by atomic mass is 9.93. The maximum atomic E-state index is 13.3. The zero-order valence-corrected chi connectivity index (χ0v) is 11.2. The standard InChI is InChI=1S/C15H18FN3O/c16-11-5-3-4-10(8-11)12-9-15(17)19(18-12)13-6-1-2-7-14(13)20/h3-5,8-9,13-14,20H,1-2,6-7,17H2. The zero-order chi connectivity index (χ0) is 14.1. The van der Waals surface area contributed by atoms with Crippen LogP contribution >= 0.6 is 0 Å². The predicted molar refractivity (Wildman–Crippen MR) is 75.5 cm³/mol. The molecule has 1 heterocycles. The van der Waals surface area contributed by atoms with E-state index in [1.165, 1.54) is 12.1 Å². The number of aliphatic hydroxyl groups is 1. The van der Waals surface area contributed by atoms with Gasteiger partial charge in [-0.05, 0) is 25.0 Å². The molecule has 0 bridgehead atoms. The molecule has 1 aliphatic carbocycles. The summed E-state index contributed by atoms with van der Waals surface area (Å²) in [5.74, 6) is 0.212. The number of nitrogens with two attached hydrogens (primary N) is 1. The number of nitrogen functional groups attached to an aromatic ring is 1. The van der Waals surface area contributed by atoms with Crippen molar-refractivity contribution in [2.45, 2.75) is 37.8 Å². The maximum Gasteiger partial charge on any atom is 0.123 e. The Balaban J connectivity index is 1.94. The quantitative estimate of drug-likeness (QED) is 0.885. The fourth-order valence-corrected chi connectivity index (χ4v) is 2.84. The van der Waals surface area contributed by atoms with Crippen molar-refractivity contribution >= 4 is 5.82 Å². The Hall–Kier alpha value is -1.88. The summed E-state index contributed by atoms with van der Waals surface area (Å²) in [5, 5.41) is 14.6. The third kappa shape index (κ3) is 2.41. The van der Waals surface area contributed by atoms with E-state index in [1.54, 1.807) is 22.9 Å². The number of hydrogen-bond donors (Lipinski definition) is 2. The molecule has 1 aliphatic rings. The number of hydrogen-bond acceptors (Lipinski definition) is 3. The molecule has 2 atom stereocenters. The molecule has 0 radical (unpaired) electrons. The van der Waals surface area contributed by atoms with E-state index in [-0.39, 0.29) is 11.9 Å². The Morgan fingerprint density at radius 2 is 2.05 bits per heavy atom. The van der Waals surface area contributed by atoms with Crippen LogP contribution in [0, 0.1) is 5.82 Å². The maximum absolute atomic E-state index is 13.3. The van der Waals surface area contributed by atoms with Crippen molar-refractivity contribution in [1.82, 2.24) is 9.78 Å². The van der Waals surface area contributed by atoms with Crippen LogP contribution in [-0.2, 0) is 0 Å². The van der Waals surface area contributed by atoms with Crippen molar-refractivity contribution in [3.8, 4) is 11.3 Å². The van der Waals surface area contributed by atoms with Gasteiger partial charge in [-0.25, -0.2) is 9.07 Å². The van der Waals surface area contributed by atoms with Gasteiger partial charge in [-0.3, -0.25) is 0 Å². The molecule has 1 fully saturated rings. The molecule has 106 valence electrons. The lowest BCUT2D eigenvalue weighted by molar-refractivity contribution is 0.0707. The molecule has 5 heteroatoms. The van der Waals surface area contributed by atoms with Crippen molar-refractivity contribution in [1.29, 1.82) is 0 Å². The van der Waals surface area contributed by atoms with Crippen molar-refractivity contribution in [2.24, 2.45) is 0 Å². The Morgan fingerprint density at radius 1 is 1.25 bits per heavy atom. The van der Waals surface area contributed by atoms with Crippen molar-refractivity contribution in [3.63, 3.8) is 0 Å². The van der Waals surface area contributed by atoms with E-state index >= 15 is 0 Å². The second kappa shape index (κ2) is 5.25. The SMILES string of the molecule is Nc1cc(-c2cccc(F)c2)nn1C1CCCCC1O. The molecule has 20 heavy (non-hydrogen) atoms. The molecule has 2 aromatic rings. The lowest BCUT2D eigenvalue weighted by Gasteiger charge is -2.28. The van der Waals surface area contributed by atoms with E-state index in [9.17, 15) is 9.50 Å². The van der Waals surface area contributed by atoms with Crippen LogP contribution in [0.25, 0.3) is 11.3 Å². The second-order valence-electron chi connectivity index (χ2n) is 5.33. The van der Waals surface area contributed by atoms with Gasteiger partial charge in [0.2, 0.25) is 0 Å². The third-order valence-corrected chi connectivity index (χ3v) is 3.89. The molecular weight excluding hydrogens is 257 g/mol. The number of halogens is 1. The van der Waals surface area contributed by atoms with Gasteiger partial charge in [0, 0.05) is 11.6 Å². The van der Waals surface area contributed by atoms with Gasteiger partial charge in [0.1, 0.15) is 11.6 Å². The molecular formula is C15H18FN3O. The smallest absolute Gasteiger partial charge is 0.123 e. The number of benzene rings is 1. The first-order valence-corrected chi connectivity index (χ1v) is 6.94. The topological polar surface area (TPSA) is 64.1 Å². The molecule has 1 aromatic carbocycles. The molecule has 3 N–H and O–H groups in total. The summed E-state index contributed by atoms with van der Waals surface area (Å²) in [6.45, 7) is 0. The minimum absolute atomic E-state index is 0.0777. The molecule has 0 amide bonds. The minimum Gasteiger partial charge on any atom is -0.391 e. The normalized spacial score (nSPS) is 22.9. The van der Waals surface area contributed by atoms with Gasteiger partial charge in [0.05, 0.1) is 17.8 Å². The van der Waals surface area contributed by atoms with Crippen LogP contribution in [-0.4, -0.2) is 21.0 Å². The average Bonchev–Trinajstić information content (AvgIpc) is 2.81. The minimum atomic E-state index is -0.411. The molecule has 2 unspecified atom stereocenters. The van der Waals surface area contributed by atoms with Crippen molar-refractivity contribution in [3.05, 3.63) is 36.1 Å². The highest BCUT2D eigenvalue weighted by molar-refractivity contribution is 5.62. The molecule has 4 nitrogen and oxygen atoms in total. The highest BCUT2D eigenvalue weighted by Crippen LogP contribution is 2.32. The van der Waals surface area contributed by atoms with E-state index < -0.39 is 6.10 Å². The summed E-state index contributed by atoms with van der Waals surface area (Å²) in [6.07, 6.45) is 3.34. The Kier molecular flexibility index (Phi) is 3.44. The molecule has 0 aliphatic heterocycles. The first-order valence-electron chi connectivity index (χ1n) is 6.94. The Bertz CT molecular complexity index is 611. The average molecular weight is 275 g/mol. The van der Waals surface area contributed by atoms with E-state index in [4.69, 9.17) is 5.73 Å². The highest BCUT2D eigenvalue weighted by Gasteiger charge is 2.27. The second-order valence-corrected chi connectivity index (χ2v) is 5.33. The summed E-state index contributed by atoms with van der Waals surface area (Å²) < 4.78 is 15.0. The van der Waals surface area contributed by atoms with Crippen LogP contribution in [0.2, 0.25) is 0 Å². The van der Waals surface area contributed by atoms with Crippen LogP contribution in [0.1, 0.15) is 31.7 Å². The summed E-state index contributed by atoms with van der Waals surface area (Å²) in [4.78, 5) is 0. The van der Waals surface area contributed by atoms with Crippen LogP contribution in [0.3, 0.4) is 0 Å². The van der Waals surface area contributed by atoms with E-state index in [0.717, 1.165) is 25.7 Å². The molecule has 1 aromatic heterocycles. The van der Waals surface area contributed by atoms with Crippen molar-refractivity contribution in [2.75, 3.05) is 5.73 Å². The summed E-state index contributed by atoms with van der Waals surface area (Å²) in [5.41, 5.74) is 7.34. The largest absolute Gasteiger partial charge is 0.391 e. The Labute approximate surface area is 117 Å². The van der Waals surface area contributed by atoms with Gasteiger partial charge in [-0.15, -0.1) is 0 Å². The lowest BCUT2D eigenvalue weighted by Crippen LogP contribution is -2.29. The van der Waals surface area contributed by atoms with Gasteiger partial charge < -0.3 is 10.8 Å². The zero-order valence-electron chi connectivity index (χ0n) is 11.2. The van der Waals surface area contributed by atoms with Crippen LogP contribution in [0.5, 0.6) is 0 Å². The van der Waals surface area contributed by atoms with Gasteiger partial charge in [0.15, 0.2) is 0 Å². The molecule has 1 saturated carbocycles. The number of rotatable bonds is 2. The van der Waals surface area contributed by atoms with Gasteiger partial charge >= 0.3 is 0 Å². The van der Waals surface area contributed by atoms with Crippen LogP contribution < -0.4 is 5.73 Å². The van der Waals surface area contributed by atoms with Crippen LogP contribution in [0.4, 0.5) is 10.2 Å².